The lowest BCUT2D eigenvalue weighted by Gasteiger charge is -2.22. The van der Waals surface area contributed by atoms with Crippen molar-refractivity contribution in [3.8, 4) is 21.8 Å². The van der Waals surface area contributed by atoms with Crippen molar-refractivity contribution in [2.24, 2.45) is 0 Å². The molecule has 210 valence electrons. The lowest BCUT2D eigenvalue weighted by atomic mass is 10.1. The van der Waals surface area contributed by atoms with Crippen LogP contribution in [-0.4, -0.2) is 40.9 Å². The largest absolute Gasteiger partial charge is 0.351 e. The van der Waals surface area contributed by atoms with E-state index in [1.165, 1.54) is 23.5 Å². The van der Waals surface area contributed by atoms with E-state index in [-0.39, 0.29) is 17.6 Å². The summed E-state index contributed by atoms with van der Waals surface area (Å²) in [6, 6.07) is 8.69. The van der Waals surface area contributed by atoms with E-state index in [9.17, 15) is 21.6 Å². The fourth-order valence-electron chi connectivity index (χ4n) is 4.15. The Morgan fingerprint density at radius 1 is 1.02 bits per heavy atom. The zero-order valence-electron chi connectivity index (χ0n) is 21.6. The maximum Gasteiger partial charge on any atom is 0.223 e. The van der Waals surface area contributed by atoms with Crippen LogP contribution >= 0.6 is 11.3 Å². The predicted molar refractivity (Wildman–Crippen MR) is 154 cm³/mol. The second-order valence-electron chi connectivity index (χ2n) is 9.56. The topological polar surface area (TPSA) is 96.9 Å². The number of thiazole rings is 1. The molecule has 1 atom stereocenters. The monoisotopic (exact) mass is 605 g/mol. The molecule has 1 saturated heterocycles. The Labute approximate surface area is 238 Å². The molecule has 4 aromatic rings. The normalized spacial score (nSPS) is 18.1. The predicted octanol–water partition coefficient (Wildman–Crippen LogP) is 6.27. The van der Waals surface area contributed by atoms with Crippen LogP contribution in [0, 0.1) is 17.5 Å². The van der Waals surface area contributed by atoms with E-state index in [4.69, 9.17) is 9.97 Å². The number of benzene rings is 2. The van der Waals surface area contributed by atoms with Gasteiger partial charge in [0.25, 0.3) is 0 Å². The number of rotatable bonds is 8. The summed E-state index contributed by atoms with van der Waals surface area (Å²) >= 11 is 1.46. The Bertz CT molecular complexity index is 1590. The van der Waals surface area contributed by atoms with E-state index >= 15 is 0 Å². The molecule has 0 bridgehead atoms. The van der Waals surface area contributed by atoms with E-state index in [2.05, 4.69) is 15.0 Å². The molecule has 40 heavy (non-hydrogen) atoms. The van der Waals surface area contributed by atoms with Gasteiger partial charge in [-0.15, -0.1) is 11.3 Å². The Morgan fingerprint density at radius 2 is 1.77 bits per heavy atom. The minimum Gasteiger partial charge on any atom is -0.351 e. The highest BCUT2D eigenvalue weighted by molar-refractivity contribution is 7.86. The number of nitrogens with one attached hydrogen (secondary N) is 2. The third kappa shape index (κ3) is 6.42. The zero-order chi connectivity index (χ0) is 28.4. The van der Waals surface area contributed by atoms with Crippen LogP contribution in [0.2, 0.25) is 0 Å². The van der Waals surface area contributed by atoms with Crippen LogP contribution in [0.5, 0.6) is 0 Å². The van der Waals surface area contributed by atoms with E-state index < -0.39 is 44.1 Å². The Balaban J connectivity index is 1.47. The molecule has 1 fully saturated rings. The summed E-state index contributed by atoms with van der Waals surface area (Å²) in [6.45, 7) is 4.03. The first-order valence-corrected chi connectivity index (χ1v) is 16.0. The number of hydrogen-bond donors (Lipinski definition) is 2. The van der Waals surface area contributed by atoms with E-state index in [0.29, 0.717) is 34.4 Å². The third-order valence-electron chi connectivity index (χ3n) is 6.28. The van der Waals surface area contributed by atoms with Gasteiger partial charge in [-0.2, -0.15) is 0 Å². The smallest absolute Gasteiger partial charge is 0.223 e. The van der Waals surface area contributed by atoms with Crippen molar-refractivity contribution < 1.29 is 21.6 Å². The highest BCUT2D eigenvalue weighted by Gasteiger charge is 2.22. The van der Waals surface area contributed by atoms with Crippen molar-refractivity contribution in [1.82, 2.24) is 15.0 Å². The molecule has 0 spiro atoms. The molecule has 0 amide bonds. The van der Waals surface area contributed by atoms with Gasteiger partial charge in [0.2, 0.25) is 5.95 Å². The van der Waals surface area contributed by atoms with E-state index in [0.717, 1.165) is 40.9 Å². The molecule has 2 aromatic carbocycles. The van der Waals surface area contributed by atoms with Gasteiger partial charge in [0.15, 0.2) is 11.0 Å². The van der Waals surface area contributed by atoms with Crippen LogP contribution in [0.15, 0.2) is 53.6 Å². The lowest BCUT2D eigenvalue weighted by molar-refractivity contribution is 0.572. The molecular formula is C27H26F3N5O2S3. The highest BCUT2D eigenvalue weighted by Crippen LogP contribution is 2.39. The number of aromatic nitrogens is 3. The molecule has 3 heterocycles. The third-order valence-corrected chi connectivity index (χ3v) is 10.2. The summed E-state index contributed by atoms with van der Waals surface area (Å²) in [4.78, 5) is 14.2. The van der Waals surface area contributed by atoms with Crippen molar-refractivity contribution >= 4 is 44.8 Å². The van der Waals surface area contributed by atoms with Gasteiger partial charge in [-0.25, -0.2) is 32.3 Å². The number of nitrogens with zero attached hydrogens (tertiary/aromatic N) is 3. The van der Waals surface area contributed by atoms with Gasteiger partial charge < -0.3 is 5.32 Å². The molecule has 1 aliphatic heterocycles. The number of halogens is 3. The quantitative estimate of drug-likeness (QED) is 0.246. The summed E-state index contributed by atoms with van der Waals surface area (Å²) in [5.41, 5.74) is 1.56. The average Bonchev–Trinajstić information content (AvgIpc) is 3.39. The summed E-state index contributed by atoms with van der Waals surface area (Å²) in [5.74, 6) is -0.488. The second-order valence-corrected chi connectivity index (χ2v) is 13.5. The summed E-state index contributed by atoms with van der Waals surface area (Å²) in [6.07, 6.45) is 3.20. The summed E-state index contributed by atoms with van der Waals surface area (Å²) < 4.78 is 69.5. The SMILES string of the molecule is CC(C)c1nc(-c2ccc(F)c(NS(=O)c3cc(F)ccc3F)c2)c(-c2ccnc(NC3CCS(=O)CC3)n2)s1. The summed E-state index contributed by atoms with van der Waals surface area (Å²) in [5, 5.41) is 4.18. The number of hydrogen-bond acceptors (Lipinski definition) is 7. The number of anilines is 2. The van der Waals surface area contributed by atoms with Crippen molar-refractivity contribution in [3.05, 3.63) is 71.1 Å². The first-order valence-electron chi connectivity index (χ1n) is 12.6. The van der Waals surface area contributed by atoms with Crippen molar-refractivity contribution in [3.63, 3.8) is 0 Å². The second kappa shape index (κ2) is 12.1. The van der Waals surface area contributed by atoms with Gasteiger partial charge in [-0.05, 0) is 55.3 Å². The van der Waals surface area contributed by atoms with Gasteiger partial charge >= 0.3 is 0 Å². The first-order chi connectivity index (χ1) is 19.2. The Morgan fingerprint density at radius 3 is 2.52 bits per heavy atom. The van der Waals surface area contributed by atoms with Crippen LogP contribution in [0.1, 0.15) is 37.6 Å². The molecule has 0 saturated carbocycles. The molecule has 1 unspecified atom stereocenters. The van der Waals surface area contributed by atoms with Gasteiger partial charge in [-0.3, -0.25) is 8.93 Å². The van der Waals surface area contributed by atoms with Gasteiger partial charge in [-0.1, -0.05) is 13.8 Å². The lowest BCUT2D eigenvalue weighted by Crippen LogP contribution is -2.30. The Hall–Kier alpha value is -3.16. The molecule has 5 rings (SSSR count). The van der Waals surface area contributed by atoms with Crippen LogP contribution in [0.25, 0.3) is 21.8 Å². The molecule has 1 aliphatic rings. The molecule has 13 heteroatoms. The molecule has 7 nitrogen and oxygen atoms in total. The van der Waals surface area contributed by atoms with Gasteiger partial charge in [0.1, 0.15) is 17.5 Å². The zero-order valence-corrected chi connectivity index (χ0v) is 24.1. The molecule has 0 radical (unpaired) electrons. The highest BCUT2D eigenvalue weighted by atomic mass is 32.2. The summed E-state index contributed by atoms with van der Waals surface area (Å²) in [7, 11) is -3.03. The van der Waals surface area contributed by atoms with Crippen molar-refractivity contribution in [1.29, 1.82) is 0 Å². The van der Waals surface area contributed by atoms with Crippen molar-refractivity contribution in [2.75, 3.05) is 21.5 Å². The molecule has 2 aromatic heterocycles. The minimum atomic E-state index is -2.25. The van der Waals surface area contributed by atoms with Gasteiger partial charge in [0.05, 0.1) is 31.9 Å². The van der Waals surface area contributed by atoms with Crippen LogP contribution in [0.3, 0.4) is 0 Å². The maximum atomic E-state index is 14.8. The van der Waals surface area contributed by atoms with Gasteiger partial charge in [0, 0.05) is 46.0 Å². The van der Waals surface area contributed by atoms with Crippen LogP contribution in [0.4, 0.5) is 24.8 Å². The fourth-order valence-corrected chi connectivity index (χ4v) is 7.44. The van der Waals surface area contributed by atoms with Crippen molar-refractivity contribution in [2.45, 2.75) is 43.5 Å². The molecular weight excluding hydrogens is 580 g/mol. The Kier molecular flexibility index (Phi) is 8.62. The van der Waals surface area contributed by atoms with E-state index in [1.54, 1.807) is 18.3 Å². The van der Waals surface area contributed by atoms with E-state index in [1.807, 2.05) is 13.8 Å². The fraction of sp³-hybridized carbons (Fsp3) is 0.296. The molecule has 0 aliphatic carbocycles. The minimum absolute atomic E-state index is 0.113. The first kappa shape index (κ1) is 28.4. The average molecular weight is 606 g/mol. The molecule has 2 N–H and O–H groups in total. The maximum absolute atomic E-state index is 14.8. The standard InChI is InChI=1S/C27H26F3N5O2S3/c1-15(2)26-34-24(25(38-26)21-7-10-31-27(33-21)32-18-8-11-39(36)12-9-18)16-3-5-19(29)22(13-16)35-40(37)23-14-17(28)4-6-20(23)30/h3-7,10,13-15,18,35H,8-9,11-12H2,1-2H3,(H,31,32,33). The van der Waals surface area contributed by atoms with Crippen LogP contribution in [-0.2, 0) is 21.8 Å². The van der Waals surface area contributed by atoms with Crippen LogP contribution < -0.4 is 10.0 Å².